The molecule has 48 heavy (non-hydrogen) atoms. The Balaban J connectivity index is 0.000000225. The van der Waals surface area contributed by atoms with Crippen LogP contribution >= 0.6 is 17.2 Å². The molecule has 0 fully saturated rings. The van der Waals surface area contributed by atoms with Gasteiger partial charge in [-0.1, -0.05) is 127 Å². The van der Waals surface area contributed by atoms with Gasteiger partial charge in [0.15, 0.2) is 0 Å². The summed E-state index contributed by atoms with van der Waals surface area (Å²) in [5.74, 6) is 0. The maximum atomic E-state index is 5.39. The largest absolute Gasteiger partial charge is 0.358 e. The minimum absolute atomic E-state index is 0. The summed E-state index contributed by atoms with van der Waals surface area (Å²) in [5.41, 5.74) is 11.3. The number of hydrogen-bond acceptors (Lipinski definition) is 0. The minimum atomic E-state index is -1.88. The van der Waals surface area contributed by atoms with Crippen molar-refractivity contribution in [3.8, 4) is 22.3 Å². The molecule has 0 unspecified atom stereocenters. The summed E-state index contributed by atoms with van der Waals surface area (Å²) < 4.78 is 1.91. The van der Waals surface area contributed by atoms with Crippen LogP contribution in [0.2, 0.25) is 0 Å². The molecular weight excluding hydrogens is 790 g/mol. The van der Waals surface area contributed by atoms with E-state index in [0.29, 0.717) is 0 Å². The predicted molar refractivity (Wildman–Crippen MR) is 216 cm³/mol. The summed E-state index contributed by atoms with van der Waals surface area (Å²) in [6.45, 7) is 19.9. The Bertz CT molecular complexity index is 1780. The van der Waals surface area contributed by atoms with Crippen LogP contribution in [-0.4, -0.2) is 3.76 Å². The Kier molecular flexibility index (Phi) is 14.4. The van der Waals surface area contributed by atoms with E-state index in [1.165, 1.54) is 66.1 Å². The molecule has 0 radical (unpaired) electrons. The van der Waals surface area contributed by atoms with E-state index in [4.69, 9.17) is 17.2 Å². The molecule has 0 aliphatic carbocycles. The van der Waals surface area contributed by atoms with Gasteiger partial charge in [-0.2, -0.15) is 12.1 Å². The first kappa shape index (κ1) is 39.9. The van der Waals surface area contributed by atoms with Crippen molar-refractivity contribution in [1.29, 1.82) is 0 Å². The average Bonchev–Trinajstić information content (AvgIpc) is 3.69. The SMILES string of the molecule is CCc1cc2c(-c3ccc(C(C)(C)C)cc3)cccc2[cH-]1.CCc1cc2c(-c3ccc(C(C)(C)C)cc3)cccc2[cH-]1.C[CH]=[Hf]([Cl])[Cl].[CH3-]. The van der Waals surface area contributed by atoms with Crippen molar-refractivity contribution in [2.45, 2.75) is 86.0 Å². The van der Waals surface area contributed by atoms with Crippen LogP contribution in [0.25, 0.3) is 43.8 Å². The van der Waals surface area contributed by atoms with Crippen molar-refractivity contribution in [2.75, 3.05) is 0 Å². The Morgan fingerprint density at radius 1 is 0.583 bits per heavy atom. The van der Waals surface area contributed by atoms with Gasteiger partial charge in [-0.15, -0.1) is 69.1 Å². The molecule has 0 saturated carbocycles. The van der Waals surface area contributed by atoms with Crippen LogP contribution in [0.1, 0.15) is 84.6 Å². The van der Waals surface area contributed by atoms with Crippen molar-refractivity contribution in [2.24, 2.45) is 0 Å². The van der Waals surface area contributed by atoms with Gasteiger partial charge in [-0.25, -0.2) is 0 Å². The van der Waals surface area contributed by atoms with E-state index in [1.807, 2.05) is 10.7 Å². The van der Waals surface area contributed by atoms with Crippen LogP contribution in [0.15, 0.2) is 109 Å². The zero-order valence-corrected chi connectivity index (χ0v) is 35.7. The first-order chi connectivity index (χ1) is 22.2. The average molecular weight is 843 g/mol. The van der Waals surface area contributed by atoms with Gasteiger partial charge >= 0.3 is 46.4 Å². The fraction of sp³-hybridized carbons (Fsp3) is 0.289. The summed E-state index contributed by atoms with van der Waals surface area (Å²) in [6.07, 6.45) is 2.19. The Labute approximate surface area is 306 Å². The van der Waals surface area contributed by atoms with Crippen molar-refractivity contribution in [1.82, 2.24) is 0 Å². The van der Waals surface area contributed by atoms with E-state index in [9.17, 15) is 0 Å². The molecule has 0 amide bonds. The monoisotopic (exact) mass is 843 g/mol. The molecule has 0 aliphatic heterocycles. The summed E-state index contributed by atoms with van der Waals surface area (Å²) >= 11 is -1.88. The van der Waals surface area contributed by atoms with Gasteiger partial charge in [0.05, 0.1) is 0 Å². The standard InChI is InChI=1S/2C21H23.C2H4.CH3.2ClH.Hf/c2*1-5-15-13-17-7-6-8-19(20(17)14-15)16-9-11-18(12-10-16)21(2,3)4;1-2;;;;/h2*6-14H,5H2,1-4H3;1H,2H3;1H3;2*1H;/q2*-1;;-1;;;+2/p-2. The molecule has 6 aromatic carbocycles. The Hall–Kier alpha value is -2.58. The van der Waals surface area contributed by atoms with Crippen LogP contribution in [0.3, 0.4) is 0 Å². The Morgan fingerprint density at radius 3 is 1.19 bits per heavy atom. The zero-order chi connectivity index (χ0) is 34.4. The van der Waals surface area contributed by atoms with Crippen molar-refractivity contribution < 1.29 is 18.6 Å². The van der Waals surface area contributed by atoms with E-state index in [0.717, 1.165) is 12.8 Å². The van der Waals surface area contributed by atoms with Gasteiger partial charge in [-0.3, -0.25) is 0 Å². The van der Waals surface area contributed by atoms with Crippen LogP contribution in [0.5, 0.6) is 0 Å². The van der Waals surface area contributed by atoms with Crippen LogP contribution in [-0.2, 0) is 42.3 Å². The van der Waals surface area contributed by atoms with Crippen molar-refractivity contribution >= 4 is 42.5 Å². The van der Waals surface area contributed by atoms with E-state index in [1.54, 1.807) is 0 Å². The third-order valence-electron chi connectivity index (χ3n) is 8.78. The fourth-order valence-corrected chi connectivity index (χ4v) is 5.80. The van der Waals surface area contributed by atoms with Crippen LogP contribution in [0, 0.1) is 7.43 Å². The summed E-state index contributed by atoms with van der Waals surface area (Å²) in [7, 11) is 10.8. The Morgan fingerprint density at radius 2 is 0.917 bits per heavy atom. The van der Waals surface area contributed by atoms with E-state index < -0.39 is 18.6 Å². The molecule has 0 bridgehead atoms. The fourth-order valence-electron chi connectivity index (χ4n) is 5.80. The minimum Gasteiger partial charge on any atom is -0.358 e. The topological polar surface area (TPSA) is 0 Å². The van der Waals surface area contributed by atoms with Gasteiger partial charge < -0.3 is 7.43 Å². The number of fused-ring (bicyclic) bond motifs is 2. The van der Waals surface area contributed by atoms with Gasteiger partial charge in [0.2, 0.25) is 0 Å². The molecule has 0 aromatic heterocycles. The van der Waals surface area contributed by atoms with Crippen LogP contribution in [0.4, 0.5) is 0 Å². The number of rotatable bonds is 4. The molecule has 0 N–H and O–H groups in total. The number of hydrogen-bond donors (Lipinski definition) is 0. The molecule has 0 nitrogen and oxygen atoms in total. The third kappa shape index (κ3) is 10.2. The molecule has 0 aliphatic rings. The summed E-state index contributed by atoms with van der Waals surface area (Å²) in [5, 5.41) is 5.45. The van der Waals surface area contributed by atoms with E-state index in [2.05, 4.69) is 165 Å². The van der Waals surface area contributed by atoms with E-state index in [-0.39, 0.29) is 18.3 Å². The summed E-state index contributed by atoms with van der Waals surface area (Å²) in [6, 6.07) is 40.6. The molecular formula is C45H53Cl2Hf-3. The van der Waals surface area contributed by atoms with Gasteiger partial charge in [-0.05, 0) is 45.9 Å². The predicted octanol–water partition coefficient (Wildman–Crippen LogP) is 14.4. The second-order valence-corrected chi connectivity index (χ2v) is 26.7. The third-order valence-corrected chi connectivity index (χ3v) is 13.9. The maximum absolute atomic E-state index is 5.39. The zero-order valence-electron chi connectivity index (χ0n) is 30.6. The summed E-state index contributed by atoms with van der Waals surface area (Å²) in [4.78, 5) is 0. The number of benzene rings is 4. The van der Waals surface area contributed by atoms with Gasteiger partial charge in [0.25, 0.3) is 0 Å². The molecule has 6 aromatic rings. The first-order valence-corrected chi connectivity index (χ1v) is 27.8. The quantitative estimate of drug-likeness (QED) is 0.123. The molecule has 3 heteroatoms. The molecule has 254 valence electrons. The second kappa shape index (κ2) is 17.4. The molecule has 6 rings (SSSR count). The number of aryl methyl sites for hydroxylation is 2. The molecule has 0 heterocycles. The molecule has 0 saturated heterocycles. The smallest absolute Gasteiger partial charge is 0.358 e. The van der Waals surface area contributed by atoms with Gasteiger partial charge in [0, 0.05) is 0 Å². The molecule has 0 spiro atoms. The maximum Gasteiger partial charge on any atom is -0.358 e. The van der Waals surface area contributed by atoms with Crippen molar-refractivity contribution in [3.05, 3.63) is 139 Å². The first-order valence-electron chi connectivity index (χ1n) is 16.8. The van der Waals surface area contributed by atoms with Crippen LogP contribution < -0.4 is 0 Å². The second-order valence-electron chi connectivity index (χ2n) is 14.3. The van der Waals surface area contributed by atoms with Gasteiger partial charge in [0.1, 0.15) is 0 Å². The van der Waals surface area contributed by atoms with Crippen molar-refractivity contribution in [3.63, 3.8) is 0 Å². The normalized spacial score (nSPS) is 11.2. The molecule has 0 atom stereocenters. The van der Waals surface area contributed by atoms with E-state index >= 15 is 0 Å². The number of halogens is 2.